The van der Waals surface area contributed by atoms with Gasteiger partial charge in [-0.1, -0.05) is 13.3 Å². The molecule has 1 rings (SSSR count). The fraction of sp³-hybridized carbons (Fsp3) is 0.500. The molecule has 19 heavy (non-hydrogen) atoms. The molecule has 1 amide bonds. The first-order valence-electron chi connectivity index (χ1n) is 6.46. The number of carbonyl (C=O) groups excluding carboxylic acids is 1. The van der Waals surface area contributed by atoms with E-state index in [2.05, 4.69) is 12.2 Å². The molecule has 0 aliphatic carbocycles. The van der Waals surface area contributed by atoms with Crippen molar-refractivity contribution in [1.82, 2.24) is 5.32 Å². The molecule has 1 unspecified atom stereocenters. The van der Waals surface area contributed by atoms with Gasteiger partial charge in [0.05, 0.1) is 12.8 Å². The van der Waals surface area contributed by atoms with Gasteiger partial charge in [-0.25, -0.2) is 0 Å². The van der Waals surface area contributed by atoms with Crippen molar-refractivity contribution in [3.05, 3.63) is 18.2 Å². The Balaban J connectivity index is 2.54. The van der Waals surface area contributed by atoms with Crippen LogP contribution >= 0.6 is 0 Å². The van der Waals surface area contributed by atoms with E-state index in [0.29, 0.717) is 23.7 Å². The Labute approximate surface area is 114 Å². The maximum Gasteiger partial charge on any atom is 0.260 e. The first-order chi connectivity index (χ1) is 9.08. The maximum atomic E-state index is 11.7. The normalized spacial score (nSPS) is 11.7. The van der Waals surface area contributed by atoms with Gasteiger partial charge in [-0.2, -0.15) is 0 Å². The smallest absolute Gasteiger partial charge is 0.260 e. The minimum absolute atomic E-state index is 0.122. The number of carbonyl (C=O) groups is 1. The van der Waals surface area contributed by atoms with Crippen molar-refractivity contribution < 1.29 is 14.3 Å². The Bertz CT molecular complexity index is 421. The predicted molar refractivity (Wildman–Crippen MR) is 75.4 cm³/mol. The van der Waals surface area contributed by atoms with Crippen molar-refractivity contribution in [2.45, 2.75) is 32.8 Å². The monoisotopic (exact) mass is 266 g/mol. The second-order valence-corrected chi connectivity index (χ2v) is 4.31. The molecule has 0 aliphatic heterocycles. The van der Waals surface area contributed by atoms with Crippen molar-refractivity contribution in [3.8, 4) is 11.5 Å². The highest BCUT2D eigenvalue weighted by Crippen LogP contribution is 2.26. The lowest BCUT2D eigenvalue weighted by Gasteiger charge is -2.15. The second-order valence-electron chi connectivity index (χ2n) is 4.31. The van der Waals surface area contributed by atoms with Crippen LogP contribution in [-0.2, 0) is 4.79 Å². The van der Waals surface area contributed by atoms with E-state index in [9.17, 15) is 4.79 Å². The van der Waals surface area contributed by atoms with Gasteiger partial charge in [0.2, 0.25) is 0 Å². The number of nitrogens with two attached hydrogens (primary N) is 1. The number of ether oxygens (including phenoxy) is 2. The van der Waals surface area contributed by atoms with Crippen LogP contribution in [0.5, 0.6) is 11.5 Å². The largest absolute Gasteiger partial charge is 0.495 e. The molecule has 0 fully saturated rings. The fourth-order valence-electron chi connectivity index (χ4n) is 1.58. The van der Waals surface area contributed by atoms with Crippen molar-refractivity contribution in [3.63, 3.8) is 0 Å². The number of hydrogen-bond donors (Lipinski definition) is 2. The third kappa shape index (κ3) is 4.69. The molecule has 0 heterocycles. The number of benzene rings is 1. The average Bonchev–Trinajstić information content (AvgIpc) is 2.39. The Morgan fingerprint density at radius 3 is 2.79 bits per heavy atom. The summed E-state index contributed by atoms with van der Waals surface area (Å²) in [5.41, 5.74) is 6.26. The minimum Gasteiger partial charge on any atom is -0.495 e. The van der Waals surface area contributed by atoms with E-state index in [-0.39, 0.29) is 5.91 Å². The molecular formula is C14H22N2O3. The number of amides is 1. The molecule has 0 saturated heterocycles. The standard InChI is InChI=1S/C14H22N2O3/c1-4-5-8-16-14(17)10(2)19-11-6-7-13(18-3)12(15)9-11/h6-7,9-10H,4-5,8,15H2,1-3H3,(H,16,17). The van der Waals surface area contributed by atoms with Crippen LogP contribution in [0.15, 0.2) is 18.2 Å². The van der Waals surface area contributed by atoms with E-state index in [1.807, 2.05) is 0 Å². The number of nitrogens with one attached hydrogen (secondary N) is 1. The third-order valence-electron chi connectivity index (χ3n) is 2.71. The van der Waals surface area contributed by atoms with Gasteiger partial charge in [-0.15, -0.1) is 0 Å². The number of methoxy groups -OCH3 is 1. The Hall–Kier alpha value is -1.91. The van der Waals surface area contributed by atoms with Crippen molar-refractivity contribution >= 4 is 11.6 Å². The molecule has 106 valence electrons. The minimum atomic E-state index is -0.551. The Morgan fingerprint density at radius 2 is 2.21 bits per heavy atom. The van der Waals surface area contributed by atoms with Crippen LogP contribution in [0.25, 0.3) is 0 Å². The molecule has 3 N–H and O–H groups in total. The maximum absolute atomic E-state index is 11.7. The quantitative estimate of drug-likeness (QED) is 0.584. The van der Waals surface area contributed by atoms with Gasteiger partial charge in [-0.05, 0) is 25.5 Å². The third-order valence-corrected chi connectivity index (χ3v) is 2.71. The van der Waals surface area contributed by atoms with Crippen molar-refractivity contribution in [1.29, 1.82) is 0 Å². The molecule has 5 nitrogen and oxygen atoms in total. The molecular weight excluding hydrogens is 244 g/mol. The lowest BCUT2D eigenvalue weighted by molar-refractivity contribution is -0.127. The van der Waals surface area contributed by atoms with Crippen molar-refractivity contribution in [2.24, 2.45) is 0 Å². The summed E-state index contributed by atoms with van der Waals surface area (Å²) in [5, 5.41) is 2.82. The number of hydrogen-bond acceptors (Lipinski definition) is 4. The number of anilines is 1. The van der Waals surface area contributed by atoms with Gasteiger partial charge in [0.15, 0.2) is 6.10 Å². The summed E-state index contributed by atoms with van der Waals surface area (Å²) in [5.74, 6) is 1.02. The molecule has 0 radical (unpaired) electrons. The van der Waals surface area contributed by atoms with E-state index >= 15 is 0 Å². The summed E-state index contributed by atoms with van der Waals surface area (Å²) in [6.07, 6.45) is 1.46. The van der Waals surface area contributed by atoms with Crippen LogP contribution in [0, 0.1) is 0 Å². The topological polar surface area (TPSA) is 73.6 Å². The van der Waals surface area contributed by atoms with Crippen LogP contribution < -0.4 is 20.5 Å². The van der Waals surface area contributed by atoms with Gasteiger partial charge in [-0.3, -0.25) is 4.79 Å². The zero-order valence-corrected chi connectivity index (χ0v) is 11.7. The molecule has 0 saturated carbocycles. The van der Waals surface area contributed by atoms with Gasteiger partial charge < -0.3 is 20.5 Å². The van der Waals surface area contributed by atoms with E-state index < -0.39 is 6.10 Å². The van der Waals surface area contributed by atoms with Crippen molar-refractivity contribution in [2.75, 3.05) is 19.4 Å². The van der Waals surface area contributed by atoms with E-state index in [1.54, 1.807) is 32.2 Å². The highest BCUT2D eigenvalue weighted by atomic mass is 16.5. The fourth-order valence-corrected chi connectivity index (χ4v) is 1.58. The predicted octanol–water partition coefficient (Wildman–Crippen LogP) is 1.96. The molecule has 1 aromatic rings. The van der Waals surface area contributed by atoms with Crippen LogP contribution in [0.2, 0.25) is 0 Å². The first-order valence-corrected chi connectivity index (χ1v) is 6.46. The summed E-state index contributed by atoms with van der Waals surface area (Å²) in [7, 11) is 1.55. The van der Waals surface area contributed by atoms with E-state index in [0.717, 1.165) is 12.8 Å². The van der Waals surface area contributed by atoms with Gasteiger partial charge >= 0.3 is 0 Å². The van der Waals surface area contributed by atoms with Gasteiger partial charge in [0.25, 0.3) is 5.91 Å². The molecule has 0 bridgehead atoms. The highest BCUT2D eigenvalue weighted by molar-refractivity contribution is 5.80. The number of nitrogen functional groups attached to an aromatic ring is 1. The van der Waals surface area contributed by atoms with Crippen LogP contribution in [-0.4, -0.2) is 25.7 Å². The molecule has 1 atom stereocenters. The van der Waals surface area contributed by atoms with Crippen LogP contribution in [0.4, 0.5) is 5.69 Å². The summed E-state index contributed by atoms with van der Waals surface area (Å²) in [4.78, 5) is 11.7. The lowest BCUT2D eigenvalue weighted by atomic mass is 10.2. The molecule has 0 spiro atoms. The molecule has 0 aliphatic rings. The van der Waals surface area contributed by atoms with E-state index in [4.69, 9.17) is 15.2 Å². The zero-order chi connectivity index (χ0) is 14.3. The Kier molecular flexibility index (Phi) is 5.99. The average molecular weight is 266 g/mol. The Morgan fingerprint density at radius 1 is 1.47 bits per heavy atom. The summed E-state index contributed by atoms with van der Waals surface area (Å²) >= 11 is 0. The molecule has 5 heteroatoms. The zero-order valence-electron chi connectivity index (χ0n) is 11.7. The number of rotatable bonds is 7. The summed E-state index contributed by atoms with van der Waals surface area (Å²) in [6, 6.07) is 5.09. The van der Waals surface area contributed by atoms with Gasteiger partial charge in [0, 0.05) is 12.6 Å². The van der Waals surface area contributed by atoms with Crippen LogP contribution in [0.1, 0.15) is 26.7 Å². The van der Waals surface area contributed by atoms with Crippen LogP contribution in [0.3, 0.4) is 0 Å². The SMILES string of the molecule is CCCCNC(=O)C(C)Oc1ccc(OC)c(N)c1. The molecule has 1 aromatic carbocycles. The lowest BCUT2D eigenvalue weighted by Crippen LogP contribution is -2.36. The molecule has 0 aromatic heterocycles. The summed E-state index contributed by atoms with van der Waals surface area (Å²) < 4.78 is 10.6. The second kappa shape index (κ2) is 7.51. The number of unbranched alkanes of at least 4 members (excludes halogenated alkanes) is 1. The first kappa shape index (κ1) is 15.1. The summed E-state index contributed by atoms with van der Waals surface area (Å²) in [6.45, 7) is 4.46. The van der Waals surface area contributed by atoms with Gasteiger partial charge in [0.1, 0.15) is 11.5 Å². The van der Waals surface area contributed by atoms with E-state index in [1.165, 1.54) is 0 Å². The highest BCUT2D eigenvalue weighted by Gasteiger charge is 2.14.